The first kappa shape index (κ1) is 21.2. The number of H-pyrrole nitrogens is 1. The van der Waals surface area contributed by atoms with Crippen molar-refractivity contribution in [2.24, 2.45) is 11.1 Å². The predicted molar refractivity (Wildman–Crippen MR) is 114 cm³/mol. The van der Waals surface area contributed by atoms with Gasteiger partial charge in [0.1, 0.15) is 17.0 Å². The number of pyridine rings is 1. The van der Waals surface area contributed by atoms with E-state index >= 15 is 0 Å². The van der Waals surface area contributed by atoms with Crippen LogP contribution in [0.3, 0.4) is 0 Å². The number of hydrogen-bond acceptors (Lipinski definition) is 7. The van der Waals surface area contributed by atoms with Crippen molar-refractivity contribution in [3.05, 3.63) is 30.2 Å². The zero-order valence-electron chi connectivity index (χ0n) is 17.7. The maximum absolute atomic E-state index is 12.6. The van der Waals surface area contributed by atoms with Crippen molar-refractivity contribution in [3.63, 3.8) is 0 Å². The Kier molecular flexibility index (Phi) is 5.43. The highest BCUT2D eigenvalue weighted by Gasteiger charge is 2.29. The Morgan fingerprint density at radius 1 is 1.17 bits per heavy atom. The summed E-state index contributed by atoms with van der Waals surface area (Å²) in [4.78, 5) is 35.8. The highest BCUT2D eigenvalue weighted by Crippen LogP contribution is 2.26. The molecule has 3 aromatic heterocycles. The van der Waals surface area contributed by atoms with Gasteiger partial charge in [-0.3, -0.25) is 9.59 Å². The highest BCUT2D eigenvalue weighted by molar-refractivity contribution is 5.99. The van der Waals surface area contributed by atoms with Crippen LogP contribution < -0.4 is 16.4 Å². The molecule has 0 aliphatic carbocycles. The fourth-order valence-electron chi connectivity index (χ4n) is 2.74. The second-order valence-electron chi connectivity index (χ2n) is 8.85. The van der Waals surface area contributed by atoms with Crippen molar-refractivity contribution >= 4 is 28.7 Å². The summed E-state index contributed by atoms with van der Waals surface area (Å²) in [6.07, 6.45) is 4.54. The van der Waals surface area contributed by atoms with Crippen LogP contribution in [0.4, 0.5) is 5.82 Å². The van der Waals surface area contributed by atoms with E-state index in [-0.39, 0.29) is 16.9 Å². The van der Waals surface area contributed by atoms with Crippen LogP contribution in [-0.4, -0.2) is 49.0 Å². The second kappa shape index (κ2) is 7.69. The van der Waals surface area contributed by atoms with Crippen LogP contribution in [0.5, 0.6) is 0 Å². The van der Waals surface area contributed by atoms with Gasteiger partial charge in [-0.2, -0.15) is 5.10 Å². The molecule has 10 nitrogen and oxygen atoms in total. The van der Waals surface area contributed by atoms with Crippen molar-refractivity contribution in [2.75, 3.05) is 11.9 Å². The van der Waals surface area contributed by atoms with Crippen LogP contribution in [0.1, 0.15) is 45.0 Å². The van der Waals surface area contributed by atoms with E-state index in [2.05, 4.69) is 35.8 Å². The van der Waals surface area contributed by atoms with E-state index in [0.717, 1.165) is 0 Å². The van der Waals surface area contributed by atoms with Crippen LogP contribution in [0.25, 0.3) is 22.4 Å². The number of carbonyl (C=O) groups excluding carboxylic acids is 2. The lowest BCUT2D eigenvalue weighted by Gasteiger charge is -2.28. The smallest absolute Gasteiger partial charge is 0.250 e. The molecule has 0 saturated heterocycles. The van der Waals surface area contributed by atoms with E-state index < -0.39 is 11.4 Å². The molecule has 0 spiro atoms. The van der Waals surface area contributed by atoms with Gasteiger partial charge in [0, 0.05) is 29.9 Å². The van der Waals surface area contributed by atoms with Gasteiger partial charge in [-0.05, 0) is 25.3 Å². The van der Waals surface area contributed by atoms with Crippen LogP contribution in [0.15, 0.2) is 24.7 Å². The monoisotopic (exact) mass is 410 g/mol. The molecule has 158 valence electrons. The number of nitrogens with two attached hydrogens (primary N) is 1. The van der Waals surface area contributed by atoms with Gasteiger partial charge in [0.2, 0.25) is 11.8 Å². The summed E-state index contributed by atoms with van der Waals surface area (Å²) in [7, 11) is 0. The molecule has 0 saturated carbocycles. The third-order valence-corrected chi connectivity index (χ3v) is 4.40. The maximum atomic E-state index is 12.6. The average Bonchev–Trinajstić information content (AvgIpc) is 3.08. The van der Waals surface area contributed by atoms with Crippen LogP contribution in [0.2, 0.25) is 0 Å². The molecule has 3 aromatic rings. The molecule has 0 radical (unpaired) electrons. The first-order valence-corrected chi connectivity index (χ1v) is 9.50. The molecule has 0 unspecified atom stereocenters. The summed E-state index contributed by atoms with van der Waals surface area (Å²) < 4.78 is 0. The summed E-state index contributed by atoms with van der Waals surface area (Å²) in [6.45, 7) is 10.2. The Hall–Kier alpha value is -3.56. The van der Waals surface area contributed by atoms with Gasteiger partial charge < -0.3 is 21.4 Å². The number of amides is 2. The summed E-state index contributed by atoms with van der Waals surface area (Å²) in [5, 5.41) is 14.8. The molecule has 0 aliphatic heterocycles. The van der Waals surface area contributed by atoms with Crippen LogP contribution in [0, 0.1) is 5.41 Å². The lowest BCUT2D eigenvalue weighted by atomic mass is 9.96. The minimum atomic E-state index is -0.917. The van der Waals surface area contributed by atoms with Crippen molar-refractivity contribution < 1.29 is 9.59 Å². The lowest BCUT2D eigenvalue weighted by Crippen LogP contribution is -2.49. The number of nitrogens with zero attached hydrogens (tertiary/aromatic N) is 4. The number of nitrogens with one attached hydrogen (secondary N) is 3. The van der Waals surface area contributed by atoms with Crippen molar-refractivity contribution in [1.29, 1.82) is 0 Å². The van der Waals surface area contributed by atoms with E-state index in [1.807, 2.05) is 20.8 Å². The van der Waals surface area contributed by atoms with Gasteiger partial charge in [-0.1, -0.05) is 20.8 Å². The first-order valence-electron chi connectivity index (χ1n) is 9.50. The van der Waals surface area contributed by atoms with Gasteiger partial charge >= 0.3 is 0 Å². The molecular formula is C20H26N8O2. The third-order valence-electron chi connectivity index (χ3n) is 4.40. The molecule has 3 rings (SSSR count). The fourth-order valence-corrected chi connectivity index (χ4v) is 2.74. The van der Waals surface area contributed by atoms with Gasteiger partial charge in [-0.15, -0.1) is 5.10 Å². The van der Waals surface area contributed by atoms with Crippen molar-refractivity contribution in [1.82, 2.24) is 30.5 Å². The number of hydrogen-bond donors (Lipinski definition) is 4. The van der Waals surface area contributed by atoms with Crippen molar-refractivity contribution in [3.8, 4) is 11.4 Å². The maximum Gasteiger partial charge on any atom is 0.250 e. The largest absolute Gasteiger partial charge is 0.366 e. The summed E-state index contributed by atoms with van der Waals surface area (Å²) >= 11 is 0. The fraction of sp³-hybridized carbons (Fsp3) is 0.400. The van der Waals surface area contributed by atoms with Gasteiger partial charge in [0.05, 0.1) is 11.8 Å². The number of rotatable bonds is 6. The average molecular weight is 410 g/mol. The molecule has 2 amide bonds. The van der Waals surface area contributed by atoms with E-state index in [4.69, 9.17) is 5.73 Å². The summed E-state index contributed by atoms with van der Waals surface area (Å²) in [6, 6.07) is 1.63. The second-order valence-corrected chi connectivity index (χ2v) is 8.85. The summed E-state index contributed by atoms with van der Waals surface area (Å²) in [5.74, 6) is -0.0149. The number of aromatic amines is 1. The predicted octanol–water partition coefficient (Wildman–Crippen LogP) is 1.87. The lowest BCUT2D eigenvalue weighted by molar-refractivity contribution is -0.124. The van der Waals surface area contributed by atoms with Crippen LogP contribution in [-0.2, 0) is 4.79 Å². The zero-order valence-corrected chi connectivity index (χ0v) is 17.7. The standard InChI is InChI=1S/C20H26N8O2/c1-19(2,3)10-24-18(30)20(4,5)27-14-9-25-28-17(26-14)13-8-23-16-12(13)6-11(7-22-16)15(21)29/h6-9H,10H2,1-5H3,(H2,21,29)(H,22,23)(H,24,30)(H,26,27,28). The molecule has 0 atom stereocenters. The van der Waals surface area contributed by atoms with Gasteiger partial charge in [0.15, 0.2) is 5.82 Å². The quantitative estimate of drug-likeness (QED) is 0.484. The first-order chi connectivity index (χ1) is 14.0. The summed E-state index contributed by atoms with van der Waals surface area (Å²) in [5.41, 5.74) is 5.88. The van der Waals surface area contributed by atoms with Crippen molar-refractivity contribution in [2.45, 2.75) is 40.2 Å². The molecule has 5 N–H and O–H groups in total. The molecule has 30 heavy (non-hydrogen) atoms. The molecule has 0 bridgehead atoms. The van der Waals surface area contributed by atoms with Gasteiger partial charge in [-0.25, -0.2) is 9.97 Å². The molecular weight excluding hydrogens is 384 g/mol. The minimum absolute atomic E-state index is 0.0253. The number of fused-ring (bicyclic) bond motifs is 1. The highest BCUT2D eigenvalue weighted by atomic mass is 16.2. The SMILES string of the molecule is CC(C)(C)CNC(=O)C(C)(C)Nc1cnnc(-c2c[nH]c3ncc(C(N)=O)cc23)n1. The Morgan fingerprint density at radius 2 is 1.90 bits per heavy atom. The normalized spacial score (nSPS) is 12.0. The van der Waals surface area contributed by atoms with Crippen LogP contribution >= 0.6 is 0 Å². The van der Waals surface area contributed by atoms with E-state index in [9.17, 15) is 9.59 Å². The molecule has 0 aromatic carbocycles. The molecule has 3 heterocycles. The topological polar surface area (TPSA) is 152 Å². The van der Waals surface area contributed by atoms with E-state index in [0.29, 0.717) is 34.8 Å². The number of anilines is 1. The number of primary amides is 1. The molecule has 0 fully saturated rings. The Bertz CT molecular complexity index is 1100. The Morgan fingerprint density at radius 3 is 2.57 bits per heavy atom. The third kappa shape index (κ3) is 4.70. The Balaban J connectivity index is 1.86. The molecule has 0 aliphatic rings. The van der Waals surface area contributed by atoms with Gasteiger partial charge in [0.25, 0.3) is 0 Å². The minimum Gasteiger partial charge on any atom is -0.366 e. The number of aromatic nitrogens is 5. The van der Waals surface area contributed by atoms with E-state index in [1.54, 1.807) is 26.1 Å². The molecule has 10 heteroatoms. The zero-order chi connectivity index (χ0) is 22.1. The Labute approximate surface area is 174 Å². The number of carbonyl (C=O) groups is 2. The van der Waals surface area contributed by atoms with E-state index in [1.165, 1.54) is 12.4 Å².